The third-order valence-electron chi connectivity index (χ3n) is 2.61. The summed E-state index contributed by atoms with van der Waals surface area (Å²) < 4.78 is 5.63. The maximum Gasteiger partial charge on any atom is 0.230 e. The van der Waals surface area contributed by atoms with E-state index in [2.05, 4.69) is 24.1 Å². The standard InChI is InChI=1S/C15H19N3O2S/c1-10(2)8-20-13-5-3-4-11(6-13)17-14(19)7-12-9-21-15(16)18-12/h3-6,9-10H,7-8H2,1-2H3,(H2,16,18)(H,17,19). The highest BCUT2D eigenvalue weighted by Crippen LogP contribution is 2.18. The molecule has 0 saturated heterocycles. The second-order valence-corrected chi connectivity index (χ2v) is 6.02. The lowest BCUT2D eigenvalue weighted by molar-refractivity contribution is -0.115. The molecular formula is C15H19N3O2S. The molecule has 0 spiro atoms. The Bertz CT molecular complexity index is 610. The Morgan fingerprint density at radius 2 is 2.29 bits per heavy atom. The summed E-state index contributed by atoms with van der Waals surface area (Å²) >= 11 is 1.33. The van der Waals surface area contributed by atoms with E-state index in [-0.39, 0.29) is 12.3 Å². The van der Waals surface area contributed by atoms with E-state index in [1.165, 1.54) is 11.3 Å². The number of carbonyl (C=O) groups excluding carboxylic acids is 1. The van der Waals surface area contributed by atoms with Gasteiger partial charge in [0.25, 0.3) is 0 Å². The number of hydrogen-bond acceptors (Lipinski definition) is 5. The summed E-state index contributed by atoms with van der Waals surface area (Å²) in [5.41, 5.74) is 6.94. The largest absolute Gasteiger partial charge is 0.493 e. The number of rotatable bonds is 6. The molecule has 2 aromatic rings. The summed E-state index contributed by atoms with van der Waals surface area (Å²) in [4.78, 5) is 16.0. The molecule has 2 rings (SSSR count). The maximum atomic E-state index is 11.9. The van der Waals surface area contributed by atoms with Crippen LogP contribution in [0.15, 0.2) is 29.6 Å². The van der Waals surface area contributed by atoms with Crippen molar-refractivity contribution in [1.82, 2.24) is 4.98 Å². The molecule has 3 N–H and O–H groups in total. The lowest BCUT2D eigenvalue weighted by Gasteiger charge is -2.10. The van der Waals surface area contributed by atoms with Gasteiger partial charge < -0.3 is 15.8 Å². The average molecular weight is 305 g/mol. The van der Waals surface area contributed by atoms with Gasteiger partial charge in [-0.15, -0.1) is 11.3 Å². The van der Waals surface area contributed by atoms with Crippen LogP contribution in [0.4, 0.5) is 10.8 Å². The number of nitrogens with zero attached hydrogens (tertiary/aromatic N) is 1. The van der Waals surface area contributed by atoms with E-state index in [1.54, 1.807) is 5.38 Å². The summed E-state index contributed by atoms with van der Waals surface area (Å²) in [6, 6.07) is 7.37. The second kappa shape index (κ2) is 7.08. The maximum absolute atomic E-state index is 11.9. The Morgan fingerprint density at radius 1 is 1.48 bits per heavy atom. The summed E-state index contributed by atoms with van der Waals surface area (Å²) in [7, 11) is 0. The van der Waals surface area contributed by atoms with Crippen molar-refractivity contribution < 1.29 is 9.53 Å². The number of ether oxygens (including phenoxy) is 1. The molecule has 0 aliphatic heterocycles. The quantitative estimate of drug-likeness (QED) is 0.860. The number of anilines is 2. The van der Waals surface area contributed by atoms with Crippen LogP contribution in [0.25, 0.3) is 0 Å². The van der Waals surface area contributed by atoms with E-state index >= 15 is 0 Å². The van der Waals surface area contributed by atoms with Gasteiger partial charge in [-0.05, 0) is 18.1 Å². The van der Waals surface area contributed by atoms with Gasteiger partial charge in [0.1, 0.15) is 5.75 Å². The molecule has 1 aromatic heterocycles. The topological polar surface area (TPSA) is 77.2 Å². The van der Waals surface area contributed by atoms with Crippen LogP contribution in [-0.2, 0) is 11.2 Å². The fourth-order valence-corrected chi connectivity index (χ4v) is 2.26. The van der Waals surface area contributed by atoms with E-state index in [9.17, 15) is 4.79 Å². The normalized spacial score (nSPS) is 10.6. The van der Waals surface area contributed by atoms with Crippen molar-refractivity contribution in [2.24, 2.45) is 5.92 Å². The molecule has 6 heteroatoms. The predicted molar refractivity (Wildman–Crippen MR) is 85.6 cm³/mol. The van der Waals surface area contributed by atoms with Crippen LogP contribution in [0.1, 0.15) is 19.5 Å². The predicted octanol–water partition coefficient (Wildman–Crippen LogP) is 2.94. The van der Waals surface area contributed by atoms with Crippen LogP contribution in [0, 0.1) is 5.92 Å². The highest BCUT2D eigenvalue weighted by atomic mass is 32.1. The first-order chi connectivity index (χ1) is 10.0. The Balaban J connectivity index is 1.92. The SMILES string of the molecule is CC(C)COc1cccc(NC(=O)Cc2csc(N)n2)c1. The molecule has 0 bridgehead atoms. The Morgan fingerprint density at radius 3 is 2.95 bits per heavy atom. The fourth-order valence-electron chi connectivity index (χ4n) is 1.70. The molecule has 0 unspecified atom stereocenters. The van der Waals surface area contributed by atoms with Crippen LogP contribution in [0.5, 0.6) is 5.75 Å². The van der Waals surface area contributed by atoms with Gasteiger partial charge >= 0.3 is 0 Å². The van der Waals surface area contributed by atoms with Crippen molar-refractivity contribution in [3.8, 4) is 5.75 Å². The zero-order valence-electron chi connectivity index (χ0n) is 12.1. The molecule has 21 heavy (non-hydrogen) atoms. The summed E-state index contributed by atoms with van der Waals surface area (Å²) in [5.74, 6) is 1.08. The van der Waals surface area contributed by atoms with Crippen LogP contribution in [0.2, 0.25) is 0 Å². The van der Waals surface area contributed by atoms with Gasteiger partial charge in [0.2, 0.25) is 5.91 Å². The first kappa shape index (κ1) is 15.3. The molecule has 1 amide bonds. The Kier molecular flexibility index (Phi) is 5.16. The summed E-state index contributed by atoms with van der Waals surface area (Å²) in [5, 5.41) is 5.10. The van der Waals surface area contributed by atoms with Gasteiger partial charge in [0, 0.05) is 17.1 Å². The molecule has 1 heterocycles. The number of hydrogen-bond donors (Lipinski definition) is 2. The molecule has 0 saturated carbocycles. The third kappa shape index (κ3) is 5.07. The monoisotopic (exact) mass is 305 g/mol. The highest BCUT2D eigenvalue weighted by molar-refractivity contribution is 7.13. The first-order valence-corrected chi connectivity index (χ1v) is 7.63. The Hall–Kier alpha value is -2.08. The van der Waals surface area contributed by atoms with Gasteiger partial charge in [-0.25, -0.2) is 4.98 Å². The molecule has 1 aromatic carbocycles. The van der Waals surface area contributed by atoms with Crippen LogP contribution in [-0.4, -0.2) is 17.5 Å². The fraction of sp³-hybridized carbons (Fsp3) is 0.333. The number of thiazole rings is 1. The molecule has 0 atom stereocenters. The number of amides is 1. The lowest BCUT2D eigenvalue weighted by Crippen LogP contribution is -2.14. The van der Waals surface area contributed by atoms with Crippen molar-refractivity contribution in [3.05, 3.63) is 35.3 Å². The molecule has 112 valence electrons. The van der Waals surface area contributed by atoms with Crippen LogP contribution >= 0.6 is 11.3 Å². The van der Waals surface area contributed by atoms with Crippen molar-refractivity contribution in [3.63, 3.8) is 0 Å². The van der Waals surface area contributed by atoms with E-state index in [0.717, 1.165) is 5.75 Å². The smallest absolute Gasteiger partial charge is 0.230 e. The number of carbonyl (C=O) groups is 1. The van der Waals surface area contributed by atoms with Crippen LogP contribution in [0.3, 0.4) is 0 Å². The summed E-state index contributed by atoms with van der Waals surface area (Å²) in [6.45, 7) is 4.83. The van der Waals surface area contributed by atoms with Crippen molar-refractivity contribution in [2.45, 2.75) is 20.3 Å². The van der Waals surface area contributed by atoms with Crippen molar-refractivity contribution in [2.75, 3.05) is 17.7 Å². The zero-order chi connectivity index (χ0) is 15.2. The Labute approximate surface area is 128 Å². The second-order valence-electron chi connectivity index (χ2n) is 5.13. The number of nitrogen functional groups attached to an aromatic ring is 1. The van der Waals surface area contributed by atoms with Gasteiger partial charge in [0.05, 0.1) is 18.7 Å². The molecule has 5 nitrogen and oxygen atoms in total. The minimum atomic E-state index is -0.124. The molecule has 0 fully saturated rings. The van der Waals surface area contributed by atoms with Gasteiger partial charge in [-0.1, -0.05) is 19.9 Å². The van der Waals surface area contributed by atoms with Gasteiger partial charge in [0.15, 0.2) is 5.13 Å². The van der Waals surface area contributed by atoms with Crippen molar-refractivity contribution >= 4 is 28.1 Å². The number of benzene rings is 1. The molecule has 0 aliphatic rings. The first-order valence-electron chi connectivity index (χ1n) is 6.75. The van der Waals surface area contributed by atoms with Gasteiger partial charge in [-0.3, -0.25) is 4.79 Å². The minimum absolute atomic E-state index is 0.124. The third-order valence-corrected chi connectivity index (χ3v) is 3.34. The highest BCUT2D eigenvalue weighted by Gasteiger charge is 2.08. The van der Waals surface area contributed by atoms with E-state index < -0.39 is 0 Å². The zero-order valence-corrected chi connectivity index (χ0v) is 12.9. The molecular weight excluding hydrogens is 286 g/mol. The molecule has 0 radical (unpaired) electrons. The molecule has 0 aliphatic carbocycles. The van der Waals surface area contributed by atoms with E-state index in [4.69, 9.17) is 10.5 Å². The number of nitrogens with one attached hydrogen (secondary N) is 1. The summed E-state index contributed by atoms with van der Waals surface area (Å²) in [6.07, 6.45) is 0.213. The van der Waals surface area contributed by atoms with Gasteiger partial charge in [-0.2, -0.15) is 0 Å². The lowest BCUT2D eigenvalue weighted by atomic mass is 10.2. The van der Waals surface area contributed by atoms with E-state index in [0.29, 0.717) is 29.0 Å². The number of nitrogens with two attached hydrogens (primary N) is 1. The van der Waals surface area contributed by atoms with E-state index in [1.807, 2.05) is 24.3 Å². The number of aromatic nitrogens is 1. The van der Waals surface area contributed by atoms with Crippen molar-refractivity contribution in [1.29, 1.82) is 0 Å². The van der Waals surface area contributed by atoms with Crippen LogP contribution < -0.4 is 15.8 Å². The minimum Gasteiger partial charge on any atom is -0.493 e. The average Bonchev–Trinajstić information content (AvgIpc) is 2.82.